The Bertz CT molecular complexity index is 1120. The number of nitrogens with zero attached hydrogens (tertiary/aromatic N) is 1. The third kappa shape index (κ3) is 3.86. The van der Waals surface area contributed by atoms with Gasteiger partial charge in [-0.15, -0.1) is 0 Å². The number of rotatable bonds is 4. The van der Waals surface area contributed by atoms with Gasteiger partial charge in [-0.25, -0.2) is 0 Å². The Balaban J connectivity index is 1.85. The lowest BCUT2D eigenvalue weighted by molar-refractivity contribution is -0.117. The number of allylic oxidation sites excluding steroid dienone is 2. The van der Waals surface area contributed by atoms with Crippen LogP contribution in [0.25, 0.3) is 22.5 Å². The van der Waals surface area contributed by atoms with Crippen molar-refractivity contribution in [2.45, 2.75) is 26.7 Å². The zero-order chi connectivity index (χ0) is 20.4. The van der Waals surface area contributed by atoms with E-state index in [0.29, 0.717) is 30.0 Å². The molecule has 0 unspecified atom stereocenters. The fourth-order valence-corrected chi connectivity index (χ4v) is 3.87. The molecule has 2 aromatic carbocycles. The van der Waals surface area contributed by atoms with Crippen molar-refractivity contribution >= 4 is 11.7 Å². The second-order valence-electron chi connectivity index (χ2n) is 8.13. The molecule has 4 heteroatoms. The molecule has 4 nitrogen and oxygen atoms in total. The van der Waals surface area contributed by atoms with Crippen molar-refractivity contribution in [3.8, 4) is 28.5 Å². The van der Waals surface area contributed by atoms with Crippen molar-refractivity contribution < 1.29 is 9.21 Å². The van der Waals surface area contributed by atoms with Gasteiger partial charge < -0.3 is 9.73 Å². The molecule has 0 amide bonds. The Morgan fingerprint density at radius 3 is 2.17 bits per heavy atom. The molecule has 0 spiro atoms. The SMILES string of the molecule is CC1(C)CC(=O)C=C(Nc2oc(-c3ccccc3)c(-c3ccccc3)c2C#N)C1. The van der Waals surface area contributed by atoms with Crippen LogP contribution in [-0.2, 0) is 4.79 Å². The van der Waals surface area contributed by atoms with Crippen molar-refractivity contribution in [1.29, 1.82) is 5.26 Å². The normalized spacial score (nSPS) is 15.5. The number of benzene rings is 2. The minimum absolute atomic E-state index is 0.0837. The number of carbonyl (C=O) groups is 1. The smallest absolute Gasteiger partial charge is 0.216 e. The van der Waals surface area contributed by atoms with E-state index < -0.39 is 0 Å². The first-order valence-electron chi connectivity index (χ1n) is 9.65. The summed E-state index contributed by atoms with van der Waals surface area (Å²) in [6, 6.07) is 21.8. The lowest BCUT2D eigenvalue weighted by atomic mass is 9.79. The van der Waals surface area contributed by atoms with Crippen molar-refractivity contribution in [3.63, 3.8) is 0 Å². The zero-order valence-electron chi connectivity index (χ0n) is 16.5. The molecule has 1 aliphatic rings. The Kier molecular flexibility index (Phi) is 4.82. The van der Waals surface area contributed by atoms with E-state index in [1.165, 1.54) is 0 Å². The lowest BCUT2D eigenvalue weighted by Gasteiger charge is -2.28. The number of carbonyl (C=O) groups excluding carboxylic acids is 1. The van der Waals surface area contributed by atoms with Crippen LogP contribution in [0.3, 0.4) is 0 Å². The average molecular weight is 382 g/mol. The van der Waals surface area contributed by atoms with Crippen LogP contribution in [0, 0.1) is 16.7 Å². The highest BCUT2D eigenvalue weighted by atomic mass is 16.4. The molecule has 0 atom stereocenters. The van der Waals surface area contributed by atoms with E-state index >= 15 is 0 Å². The summed E-state index contributed by atoms with van der Waals surface area (Å²) in [5, 5.41) is 13.2. The summed E-state index contributed by atoms with van der Waals surface area (Å²) < 4.78 is 6.20. The van der Waals surface area contributed by atoms with Gasteiger partial charge in [-0.1, -0.05) is 74.5 Å². The first-order valence-corrected chi connectivity index (χ1v) is 9.65. The Labute approximate surface area is 170 Å². The lowest BCUT2D eigenvalue weighted by Crippen LogP contribution is -2.24. The number of anilines is 1. The summed E-state index contributed by atoms with van der Waals surface area (Å²) in [5.41, 5.74) is 3.64. The van der Waals surface area contributed by atoms with Gasteiger partial charge in [0.15, 0.2) is 5.78 Å². The van der Waals surface area contributed by atoms with E-state index in [4.69, 9.17) is 4.42 Å². The molecule has 144 valence electrons. The van der Waals surface area contributed by atoms with Crippen LogP contribution in [0.5, 0.6) is 0 Å². The molecule has 1 heterocycles. The first kappa shape index (κ1) is 18.8. The molecule has 1 aromatic heterocycles. The van der Waals surface area contributed by atoms with Gasteiger partial charge in [-0.05, 0) is 17.4 Å². The molecule has 0 radical (unpaired) electrons. The summed E-state index contributed by atoms with van der Waals surface area (Å²) in [6.07, 6.45) is 2.86. The number of furan rings is 1. The predicted molar refractivity (Wildman–Crippen MR) is 114 cm³/mol. The van der Waals surface area contributed by atoms with Gasteiger partial charge in [0.1, 0.15) is 17.4 Å². The Morgan fingerprint density at radius 1 is 0.966 bits per heavy atom. The van der Waals surface area contributed by atoms with Crippen molar-refractivity contribution in [2.24, 2.45) is 5.41 Å². The summed E-state index contributed by atoms with van der Waals surface area (Å²) >= 11 is 0. The summed E-state index contributed by atoms with van der Waals surface area (Å²) in [6.45, 7) is 4.13. The minimum Gasteiger partial charge on any atom is -0.438 e. The van der Waals surface area contributed by atoms with Crippen LogP contribution >= 0.6 is 0 Å². The van der Waals surface area contributed by atoms with Gasteiger partial charge in [-0.3, -0.25) is 4.79 Å². The van der Waals surface area contributed by atoms with Crippen molar-refractivity contribution in [1.82, 2.24) is 0 Å². The van der Waals surface area contributed by atoms with Gasteiger partial charge in [0, 0.05) is 29.3 Å². The maximum absolute atomic E-state index is 12.1. The van der Waals surface area contributed by atoms with Gasteiger partial charge in [0.25, 0.3) is 0 Å². The molecule has 4 rings (SSSR count). The second-order valence-corrected chi connectivity index (χ2v) is 8.13. The van der Waals surface area contributed by atoms with Gasteiger partial charge >= 0.3 is 0 Å². The van der Waals surface area contributed by atoms with E-state index in [0.717, 1.165) is 22.4 Å². The molecule has 0 fully saturated rings. The Morgan fingerprint density at radius 2 is 1.59 bits per heavy atom. The fraction of sp³-hybridized carbons (Fsp3) is 0.200. The molecular formula is C25H22N2O2. The Hall–Kier alpha value is -3.58. The molecule has 0 saturated heterocycles. The molecule has 3 aromatic rings. The van der Waals surface area contributed by atoms with Gasteiger partial charge in [0.2, 0.25) is 5.88 Å². The average Bonchev–Trinajstić information content (AvgIpc) is 3.06. The second kappa shape index (κ2) is 7.44. The van der Waals surface area contributed by atoms with Crippen LogP contribution in [0.1, 0.15) is 32.3 Å². The minimum atomic E-state index is -0.127. The molecular weight excluding hydrogens is 360 g/mol. The van der Waals surface area contributed by atoms with E-state index in [-0.39, 0.29) is 11.2 Å². The highest BCUT2D eigenvalue weighted by Crippen LogP contribution is 2.43. The zero-order valence-corrected chi connectivity index (χ0v) is 16.5. The summed E-state index contributed by atoms with van der Waals surface area (Å²) in [5.74, 6) is 1.10. The third-order valence-electron chi connectivity index (χ3n) is 5.05. The van der Waals surface area contributed by atoms with Crippen molar-refractivity contribution in [3.05, 3.63) is 78.0 Å². The molecule has 0 saturated carbocycles. The molecule has 29 heavy (non-hydrogen) atoms. The van der Waals surface area contributed by atoms with Crippen LogP contribution in [0.15, 0.2) is 76.9 Å². The quantitative estimate of drug-likeness (QED) is 0.586. The maximum Gasteiger partial charge on any atom is 0.216 e. The van der Waals surface area contributed by atoms with Crippen LogP contribution in [-0.4, -0.2) is 5.78 Å². The van der Waals surface area contributed by atoms with E-state index in [2.05, 4.69) is 25.2 Å². The van der Waals surface area contributed by atoms with E-state index in [1.54, 1.807) is 6.08 Å². The summed E-state index contributed by atoms with van der Waals surface area (Å²) in [7, 11) is 0. The predicted octanol–water partition coefficient (Wildman–Crippen LogP) is 6.17. The highest BCUT2D eigenvalue weighted by molar-refractivity contribution is 5.93. The van der Waals surface area contributed by atoms with Gasteiger partial charge in [-0.2, -0.15) is 5.26 Å². The molecule has 1 aliphatic carbocycles. The van der Waals surface area contributed by atoms with Crippen LogP contribution < -0.4 is 5.32 Å². The number of ketones is 1. The first-order chi connectivity index (χ1) is 14.0. The highest BCUT2D eigenvalue weighted by Gasteiger charge is 2.29. The monoisotopic (exact) mass is 382 g/mol. The third-order valence-corrected chi connectivity index (χ3v) is 5.05. The fourth-order valence-electron chi connectivity index (χ4n) is 3.87. The van der Waals surface area contributed by atoms with Crippen LogP contribution in [0.2, 0.25) is 0 Å². The van der Waals surface area contributed by atoms with Gasteiger partial charge in [0.05, 0.1) is 0 Å². The molecule has 0 aliphatic heterocycles. The molecule has 0 bridgehead atoms. The summed E-state index contributed by atoms with van der Waals surface area (Å²) in [4.78, 5) is 12.1. The standard InChI is InChI=1S/C25H22N2O2/c1-25(2)14-19(13-20(28)15-25)27-24-21(16-26)22(17-9-5-3-6-10-17)23(29-24)18-11-7-4-8-12-18/h3-13,27H,14-15H2,1-2H3. The largest absolute Gasteiger partial charge is 0.438 e. The molecule has 1 N–H and O–H groups in total. The number of nitriles is 1. The maximum atomic E-state index is 12.1. The number of hydrogen-bond acceptors (Lipinski definition) is 4. The van der Waals surface area contributed by atoms with Crippen LogP contribution in [0.4, 0.5) is 5.88 Å². The number of nitrogens with one attached hydrogen (secondary N) is 1. The number of hydrogen-bond donors (Lipinski definition) is 1. The van der Waals surface area contributed by atoms with E-state index in [1.807, 2.05) is 60.7 Å². The van der Waals surface area contributed by atoms with E-state index in [9.17, 15) is 10.1 Å². The van der Waals surface area contributed by atoms with Crippen molar-refractivity contribution in [2.75, 3.05) is 5.32 Å². The topological polar surface area (TPSA) is 66.0 Å².